The fraction of sp³-hybridized carbons (Fsp3) is 0.933. The molecular weight excluding hydrogens is 254 g/mol. The highest BCUT2D eigenvalue weighted by Crippen LogP contribution is 2.27. The van der Waals surface area contributed by atoms with Gasteiger partial charge in [0.05, 0.1) is 12.6 Å². The molecule has 5 heteroatoms. The number of hydrogen-bond acceptors (Lipinski definition) is 4. The summed E-state index contributed by atoms with van der Waals surface area (Å²) in [5, 5.41) is 6.77. The van der Waals surface area contributed by atoms with Crippen LogP contribution < -0.4 is 10.6 Å². The SMILES string of the molecule is O=C(CNC[C@@H]1CCCO1)N(C[C@@H]1CCCN1)C1CC1. The number of carbonyl (C=O) groups excluding carboxylic acids is 1. The largest absolute Gasteiger partial charge is 0.377 e. The molecule has 0 aromatic heterocycles. The van der Waals surface area contributed by atoms with Crippen molar-refractivity contribution in [2.24, 2.45) is 0 Å². The van der Waals surface area contributed by atoms with Gasteiger partial charge < -0.3 is 20.3 Å². The Morgan fingerprint density at radius 2 is 2.15 bits per heavy atom. The Morgan fingerprint density at radius 1 is 1.25 bits per heavy atom. The standard InChI is InChI=1S/C15H27N3O2/c19-15(10-16-9-14-4-2-8-20-14)18(13-5-6-13)11-12-3-1-7-17-12/h12-14,16-17H,1-11H2/t12-,14-/m0/s1. The summed E-state index contributed by atoms with van der Waals surface area (Å²) in [6.07, 6.45) is 7.42. The molecule has 0 bridgehead atoms. The van der Waals surface area contributed by atoms with Gasteiger partial charge in [0, 0.05) is 31.8 Å². The van der Waals surface area contributed by atoms with Crippen LogP contribution in [0.15, 0.2) is 0 Å². The van der Waals surface area contributed by atoms with E-state index in [1.807, 2.05) is 0 Å². The van der Waals surface area contributed by atoms with Crippen molar-refractivity contribution in [2.45, 2.75) is 56.7 Å². The van der Waals surface area contributed by atoms with Crippen molar-refractivity contribution >= 4 is 5.91 Å². The number of ether oxygens (including phenoxy) is 1. The summed E-state index contributed by atoms with van der Waals surface area (Å²) in [6, 6.07) is 1.02. The first-order valence-corrected chi connectivity index (χ1v) is 8.18. The molecule has 2 heterocycles. The maximum atomic E-state index is 12.4. The topological polar surface area (TPSA) is 53.6 Å². The fourth-order valence-electron chi connectivity index (χ4n) is 3.24. The molecule has 2 saturated heterocycles. The minimum absolute atomic E-state index is 0.263. The first-order valence-electron chi connectivity index (χ1n) is 8.18. The van der Waals surface area contributed by atoms with Crippen molar-refractivity contribution < 1.29 is 9.53 Å². The smallest absolute Gasteiger partial charge is 0.236 e. The van der Waals surface area contributed by atoms with Crippen molar-refractivity contribution in [3.8, 4) is 0 Å². The van der Waals surface area contributed by atoms with Crippen molar-refractivity contribution in [2.75, 3.05) is 32.8 Å². The van der Waals surface area contributed by atoms with Gasteiger partial charge in [0.15, 0.2) is 0 Å². The molecule has 114 valence electrons. The van der Waals surface area contributed by atoms with E-state index in [9.17, 15) is 4.79 Å². The van der Waals surface area contributed by atoms with Gasteiger partial charge in [-0.15, -0.1) is 0 Å². The van der Waals surface area contributed by atoms with Crippen molar-refractivity contribution in [1.29, 1.82) is 0 Å². The predicted octanol–water partition coefficient (Wildman–Crippen LogP) is 0.498. The second kappa shape index (κ2) is 6.87. The summed E-state index contributed by atoms with van der Waals surface area (Å²) in [6.45, 7) is 4.15. The molecule has 0 aromatic rings. The van der Waals surface area contributed by atoms with Crippen LogP contribution in [0.25, 0.3) is 0 Å². The molecule has 1 aliphatic carbocycles. The molecule has 1 saturated carbocycles. The zero-order chi connectivity index (χ0) is 13.8. The summed E-state index contributed by atoms with van der Waals surface area (Å²) < 4.78 is 5.57. The zero-order valence-electron chi connectivity index (χ0n) is 12.3. The van der Waals surface area contributed by atoms with Gasteiger partial charge >= 0.3 is 0 Å². The second-order valence-electron chi connectivity index (χ2n) is 6.34. The van der Waals surface area contributed by atoms with E-state index in [0.29, 0.717) is 24.7 Å². The first kappa shape index (κ1) is 14.3. The van der Waals surface area contributed by atoms with E-state index in [-0.39, 0.29) is 5.91 Å². The summed E-state index contributed by atoms with van der Waals surface area (Å²) in [5.41, 5.74) is 0. The number of amides is 1. The highest BCUT2D eigenvalue weighted by Gasteiger charge is 2.34. The van der Waals surface area contributed by atoms with Crippen LogP contribution in [-0.4, -0.2) is 61.8 Å². The lowest BCUT2D eigenvalue weighted by atomic mass is 10.2. The van der Waals surface area contributed by atoms with Crippen LogP contribution in [0.2, 0.25) is 0 Å². The number of rotatable bonds is 7. The van der Waals surface area contributed by atoms with E-state index < -0.39 is 0 Å². The van der Waals surface area contributed by atoms with Crippen LogP contribution in [0.3, 0.4) is 0 Å². The summed E-state index contributed by atoms with van der Waals surface area (Å²) in [5.74, 6) is 0.263. The van der Waals surface area contributed by atoms with Crippen LogP contribution in [0.5, 0.6) is 0 Å². The monoisotopic (exact) mass is 281 g/mol. The van der Waals surface area contributed by atoms with Gasteiger partial charge in [0.25, 0.3) is 0 Å². The van der Waals surface area contributed by atoms with E-state index in [4.69, 9.17) is 4.74 Å². The Hall–Kier alpha value is -0.650. The van der Waals surface area contributed by atoms with E-state index >= 15 is 0 Å². The predicted molar refractivity (Wildman–Crippen MR) is 77.6 cm³/mol. The maximum Gasteiger partial charge on any atom is 0.236 e. The van der Waals surface area contributed by atoms with Crippen LogP contribution in [0, 0.1) is 0 Å². The zero-order valence-corrected chi connectivity index (χ0v) is 12.3. The minimum Gasteiger partial charge on any atom is -0.377 e. The summed E-state index contributed by atoms with van der Waals surface area (Å²) in [7, 11) is 0. The highest BCUT2D eigenvalue weighted by atomic mass is 16.5. The van der Waals surface area contributed by atoms with Crippen molar-refractivity contribution in [3.63, 3.8) is 0 Å². The van der Waals surface area contributed by atoms with Crippen LogP contribution in [-0.2, 0) is 9.53 Å². The Morgan fingerprint density at radius 3 is 2.80 bits per heavy atom. The van der Waals surface area contributed by atoms with E-state index in [0.717, 1.165) is 39.1 Å². The molecule has 0 aromatic carbocycles. The third-order valence-corrected chi connectivity index (χ3v) is 4.56. The lowest BCUT2D eigenvalue weighted by Gasteiger charge is -2.26. The summed E-state index contributed by atoms with van der Waals surface area (Å²) in [4.78, 5) is 14.5. The third kappa shape index (κ3) is 3.93. The molecule has 5 nitrogen and oxygen atoms in total. The number of nitrogens with one attached hydrogen (secondary N) is 2. The maximum absolute atomic E-state index is 12.4. The third-order valence-electron chi connectivity index (χ3n) is 4.56. The van der Waals surface area contributed by atoms with Gasteiger partial charge in [0.2, 0.25) is 5.91 Å². The molecule has 3 rings (SSSR count). The van der Waals surface area contributed by atoms with Crippen LogP contribution in [0.4, 0.5) is 0 Å². The molecule has 3 fully saturated rings. The summed E-state index contributed by atoms with van der Waals surface area (Å²) >= 11 is 0. The highest BCUT2D eigenvalue weighted by molar-refractivity contribution is 5.79. The van der Waals surface area contributed by atoms with Gasteiger partial charge in [-0.05, 0) is 45.1 Å². The molecule has 2 N–H and O–H groups in total. The molecular formula is C15H27N3O2. The lowest BCUT2D eigenvalue weighted by Crippen LogP contribution is -2.46. The quantitative estimate of drug-likeness (QED) is 0.713. The average Bonchev–Trinajstić information content (AvgIpc) is 2.93. The number of nitrogens with zero attached hydrogens (tertiary/aromatic N) is 1. The van der Waals surface area contributed by atoms with Gasteiger partial charge in [-0.2, -0.15) is 0 Å². The molecule has 0 radical (unpaired) electrons. The van der Waals surface area contributed by atoms with E-state index in [1.165, 1.54) is 25.7 Å². The van der Waals surface area contributed by atoms with Crippen LogP contribution in [0.1, 0.15) is 38.5 Å². The lowest BCUT2D eigenvalue weighted by molar-refractivity contribution is -0.131. The Kier molecular flexibility index (Phi) is 4.91. The molecule has 20 heavy (non-hydrogen) atoms. The van der Waals surface area contributed by atoms with E-state index in [2.05, 4.69) is 15.5 Å². The van der Waals surface area contributed by atoms with Crippen molar-refractivity contribution in [1.82, 2.24) is 15.5 Å². The Balaban J connectivity index is 1.40. The molecule has 1 amide bonds. The van der Waals surface area contributed by atoms with Crippen molar-refractivity contribution in [3.05, 3.63) is 0 Å². The number of carbonyl (C=O) groups is 1. The van der Waals surface area contributed by atoms with Gasteiger partial charge in [-0.25, -0.2) is 0 Å². The van der Waals surface area contributed by atoms with Gasteiger partial charge in [-0.3, -0.25) is 4.79 Å². The molecule has 2 aliphatic heterocycles. The van der Waals surface area contributed by atoms with E-state index in [1.54, 1.807) is 0 Å². The Bertz CT molecular complexity index is 321. The first-order chi connectivity index (χ1) is 9.83. The number of hydrogen-bond donors (Lipinski definition) is 2. The fourth-order valence-corrected chi connectivity index (χ4v) is 3.24. The van der Waals surface area contributed by atoms with Gasteiger partial charge in [0.1, 0.15) is 0 Å². The normalized spacial score (nSPS) is 29.8. The van der Waals surface area contributed by atoms with Crippen LogP contribution >= 0.6 is 0 Å². The molecule has 2 atom stereocenters. The molecule has 0 spiro atoms. The molecule has 3 aliphatic rings. The second-order valence-corrected chi connectivity index (χ2v) is 6.34. The minimum atomic E-state index is 0.263. The molecule has 0 unspecified atom stereocenters. The van der Waals surface area contributed by atoms with Gasteiger partial charge in [-0.1, -0.05) is 0 Å². The average molecular weight is 281 g/mol. The Labute approximate surface area is 121 Å².